The summed E-state index contributed by atoms with van der Waals surface area (Å²) in [6, 6.07) is 0. The monoisotopic (exact) mass is 69.0 g/mol. The fourth-order valence-corrected chi connectivity index (χ4v) is 0.167. The SMILES string of the molecule is C1=CN[N+]=[N+]1. The zero-order valence-corrected chi connectivity index (χ0v) is 2.55. The summed E-state index contributed by atoms with van der Waals surface area (Å²) >= 11 is 0. The molecule has 0 atom stereocenters. The van der Waals surface area contributed by atoms with E-state index in [9.17, 15) is 0 Å². The number of nitrogens with zero attached hydrogens (tertiary/aromatic N) is 2. The highest BCUT2D eigenvalue weighted by Crippen LogP contribution is 1.56. The molecule has 1 aliphatic rings. The molecule has 1 rings (SSSR count). The van der Waals surface area contributed by atoms with E-state index in [4.69, 9.17) is 0 Å². The van der Waals surface area contributed by atoms with Gasteiger partial charge in [-0.2, -0.15) is 0 Å². The van der Waals surface area contributed by atoms with Gasteiger partial charge in [-0.15, -0.1) is 0 Å². The van der Waals surface area contributed by atoms with Crippen LogP contribution in [0.5, 0.6) is 0 Å². The number of hydrogen-bond acceptors (Lipinski definition) is 3. The van der Waals surface area contributed by atoms with E-state index < -0.39 is 0 Å². The number of hydrogen-bond donors (Lipinski definition) is 1. The van der Waals surface area contributed by atoms with Gasteiger partial charge in [0.15, 0.2) is 0 Å². The molecule has 2 radical (unpaired) electrons. The molecule has 0 saturated heterocycles. The molecule has 0 saturated carbocycles. The van der Waals surface area contributed by atoms with Gasteiger partial charge in [-0.25, -0.2) is 0 Å². The molecule has 5 heavy (non-hydrogen) atoms. The molecule has 0 spiro atoms. The van der Waals surface area contributed by atoms with Crippen LogP contribution in [-0.2, 0) is 0 Å². The summed E-state index contributed by atoms with van der Waals surface area (Å²) in [5.74, 6) is 0. The highest BCUT2D eigenvalue weighted by Gasteiger charge is 2.05. The first-order valence-electron chi connectivity index (χ1n) is 1.30. The lowest BCUT2D eigenvalue weighted by Gasteiger charge is -1.32. The first kappa shape index (κ1) is 2.38. The Hall–Kier alpha value is -0.860. The van der Waals surface area contributed by atoms with Gasteiger partial charge in [-0.1, -0.05) is 0 Å². The van der Waals surface area contributed by atoms with Gasteiger partial charge >= 0.3 is 10.3 Å². The fourth-order valence-electron chi connectivity index (χ4n) is 0.167. The summed E-state index contributed by atoms with van der Waals surface area (Å²) in [6.07, 6.45) is 3.24. The van der Waals surface area contributed by atoms with Crippen molar-refractivity contribution in [1.82, 2.24) is 15.8 Å². The maximum atomic E-state index is 3.42. The molecule has 3 heteroatoms. The van der Waals surface area contributed by atoms with Crippen LogP contribution in [0.15, 0.2) is 12.4 Å². The topological polar surface area (TPSA) is 40.2 Å². The predicted molar refractivity (Wildman–Crippen MR) is 16.5 cm³/mol. The lowest BCUT2D eigenvalue weighted by Crippen LogP contribution is -2.01. The van der Waals surface area contributed by atoms with Crippen LogP contribution < -0.4 is 15.8 Å². The largest absolute Gasteiger partial charge is 0.530 e. The van der Waals surface area contributed by atoms with Gasteiger partial charge in [0, 0.05) is 5.43 Å². The number of rotatable bonds is 0. The van der Waals surface area contributed by atoms with Crippen molar-refractivity contribution in [3.8, 4) is 0 Å². The molecule has 1 aliphatic heterocycles. The summed E-state index contributed by atoms with van der Waals surface area (Å²) in [5.41, 5.74) is 2.50. The molecule has 3 nitrogen and oxygen atoms in total. The second-order valence-electron chi connectivity index (χ2n) is 0.660. The Morgan fingerprint density at radius 2 is 2.60 bits per heavy atom. The van der Waals surface area contributed by atoms with Crippen LogP contribution in [0.1, 0.15) is 0 Å². The predicted octanol–water partition coefficient (Wildman–Crippen LogP) is -0.900. The van der Waals surface area contributed by atoms with Crippen molar-refractivity contribution in [3.63, 3.8) is 0 Å². The normalized spacial score (nSPS) is 16.0. The van der Waals surface area contributed by atoms with Crippen molar-refractivity contribution in [2.75, 3.05) is 0 Å². The maximum absolute atomic E-state index is 3.42. The van der Waals surface area contributed by atoms with Gasteiger partial charge in [0.2, 0.25) is 6.20 Å². The van der Waals surface area contributed by atoms with Gasteiger partial charge in [-0.3, -0.25) is 0 Å². The lowest BCUT2D eigenvalue weighted by atomic mass is 11.0. The van der Waals surface area contributed by atoms with E-state index in [0.717, 1.165) is 0 Å². The van der Waals surface area contributed by atoms with E-state index in [0.29, 0.717) is 0 Å². The van der Waals surface area contributed by atoms with Crippen LogP contribution in [0.2, 0.25) is 0 Å². The summed E-state index contributed by atoms with van der Waals surface area (Å²) in [7, 11) is 0. The third-order valence-corrected chi connectivity index (χ3v) is 0.331. The molecule has 0 aliphatic carbocycles. The van der Waals surface area contributed by atoms with E-state index in [1.54, 1.807) is 12.4 Å². The second-order valence-corrected chi connectivity index (χ2v) is 0.660. The van der Waals surface area contributed by atoms with Gasteiger partial charge in [0.1, 0.15) is 0 Å². The van der Waals surface area contributed by atoms with Crippen LogP contribution in [-0.4, -0.2) is 0 Å². The highest BCUT2D eigenvalue weighted by molar-refractivity contribution is 4.72. The Morgan fingerprint density at radius 1 is 1.60 bits per heavy atom. The summed E-state index contributed by atoms with van der Waals surface area (Å²) in [5, 5.41) is 6.76. The summed E-state index contributed by atoms with van der Waals surface area (Å²) < 4.78 is 0. The molecular formula is C2H3N3+2. The van der Waals surface area contributed by atoms with Crippen LogP contribution in [0.25, 0.3) is 0 Å². The maximum Gasteiger partial charge on any atom is 0.530 e. The standard InChI is InChI=1S/C2H3N3/c1-2-4-5-3-1/h1-3H/q+2. The molecule has 0 aromatic rings. The van der Waals surface area contributed by atoms with E-state index in [1.807, 2.05) is 0 Å². The molecule has 0 aromatic heterocycles. The van der Waals surface area contributed by atoms with Gasteiger partial charge in [0.05, 0.1) is 0 Å². The van der Waals surface area contributed by atoms with E-state index in [-0.39, 0.29) is 0 Å². The Labute approximate surface area is 29.4 Å². The third kappa shape index (κ3) is 0.238. The van der Waals surface area contributed by atoms with E-state index in [2.05, 4.69) is 15.8 Å². The molecule has 0 amide bonds. The van der Waals surface area contributed by atoms with Crippen LogP contribution in [0, 0.1) is 0 Å². The van der Waals surface area contributed by atoms with Crippen LogP contribution in [0.4, 0.5) is 0 Å². The Morgan fingerprint density at radius 3 is 2.80 bits per heavy atom. The Kier molecular flexibility index (Phi) is 0.400. The fraction of sp³-hybridized carbons (Fsp3) is 0. The molecule has 0 fully saturated rings. The highest BCUT2D eigenvalue weighted by atomic mass is 15.4. The quantitative estimate of drug-likeness (QED) is 0.393. The van der Waals surface area contributed by atoms with Gasteiger partial charge in [-0.05, 0) is 0 Å². The molecule has 24 valence electrons. The molecule has 0 aromatic carbocycles. The van der Waals surface area contributed by atoms with Crippen molar-refractivity contribution in [1.29, 1.82) is 0 Å². The van der Waals surface area contributed by atoms with Crippen molar-refractivity contribution < 1.29 is 0 Å². The minimum atomic E-state index is 1.58. The molecule has 1 N–H and O–H groups in total. The number of nitrogens with one attached hydrogen (secondary N) is 1. The van der Waals surface area contributed by atoms with Crippen LogP contribution in [0.3, 0.4) is 0 Å². The lowest BCUT2D eigenvalue weighted by molar-refractivity contribution is 0.768. The summed E-state index contributed by atoms with van der Waals surface area (Å²) in [6.45, 7) is 0. The van der Waals surface area contributed by atoms with Crippen molar-refractivity contribution in [2.45, 2.75) is 0 Å². The van der Waals surface area contributed by atoms with Crippen molar-refractivity contribution in [3.05, 3.63) is 12.4 Å². The Balaban J connectivity index is 2.61. The minimum absolute atomic E-state index is 1.58. The van der Waals surface area contributed by atoms with Crippen molar-refractivity contribution >= 4 is 0 Å². The first-order chi connectivity index (χ1) is 2.50. The van der Waals surface area contributed by atoms with Crippen LogP contribution >= 0.6 is 0 Å². The average Bonchev–Trinajstić information content (AvgIpc) is 1.76. The zero-order chi connectivity index (χ0) is 3.54. The van der Waals surface area contributed by atoms with E-state index >= 15 is 0 Å². The third-order valence-electron chi connectivity index (χ3n) is 0.331. The molecule has 1 heterocycles. The molecular weight excluding hydrogens is 66.0 g/mol. The second kappa shape index (κ2) is 0.839. The van der Waals surface area contributed by atoms with Crippen molar-refractivity contribution in [2.24, 2.45) is 0 Å². The minimum Gasteiger partial charge on any atom is 0.0423 e. The first-order valence-corrected chi connectivity index (χ1v) is 1.30. The van der Waals surface area contributed by atoms with Gasteiger partial charge in [0.25, 0.3) is 6.20 Å². The average molecular weight is 69.1 g/mol. The zero-order valence-electron chi connectivity index (χ0n) is 2.55. The molecule has 0 unspecified atom stereocenters. The summed E-state index contributed by atoms with van der Waals surface area (Å²) in [4.78, 5) is 0. The van der Waals surface area contributed by atoms with Gasteiger partial charge < -0.3 is 0 Å². The Bertz CT molecular complexity index is 63.0. The smallest absolute Gasteiger partial charge is 0.0423 e. The van der Waals surface area contributed by atoms with E-state index in [1.165, 1.54) is 0 Å². The molecule has 0 bridgehead atoms.